The molecule has 1 saturated heterocycles. The Morgan fingerprint density at radius 3 is 2.92 bits per heavy atom. The van der Waals surface area contributed by atoms with Crippen LogP contribution in [0.25, 0.3) is 4.96 Å². The van der Waals surface area contributed by atoms with Crippen LogP contribution in [-0.2, 0) is 4.74 Å². The van der Waals surface area contributed by atoms with Crippen molar-refractivity contribution < 1.29 is 9.53 Å². The molecule has 26 heavy (non-hydrogen) atoms. The van der Waals surface area contributed by atoms with E-state index in [1.165, 1.54) is 21.9 Å². The van der Waals surface area contributed by atoms with Gasteiger partial charge >= 0.3 is 0 Å². The fourth-order valence-corrected chi connectivity index (χ4v) is 3.86. The molecule has 3 heterocycles. The van der Waals surface area contributed by atoms with Gasteiger partial charge in [-0.3, -0.25) is 14.0 Å². The number of carbonyl (C=O) groups excluding carboxylic acids is 1. The van der Waals surface area contributed by atoms with Gasteiger partial charge in [-0.2, -0.15) is 0 Å². The highest BCUT2D eigenvalue weighted by Gasteiger charge is 2.21. The molecule has 3 aromatic rings. The summed E-state index contributed by atoms with van der Waals surface area (Å²) in [6.45, 7) is 2.55. The van der Waals surface area contributed by atoms with Gasteiger partial charge in [0.05, 0.1) is 29.6 Å². The molecule has 0 radical (unpaired) electrons. The van der Waals surface area contributed by atoms with Gasteiger partial charge in [-0.15, -0.1) is 11.3 Å². The summed E-state index contributed by atoms with van der Waals surface area (Å²) in [5.74, 6) is -0.514. The maximum absolute atomic E-state index is 12.7. The number of rotatable bonds is 3. The van der Waals surface area contributed by atoms with Crippen molar-refractivity contribution in [1.82, 2.24) is 9.38 Å². The second-order valence-corrected chi connectivity index (χ2v) is 7.00. The first-order valence-electron chi connectivity index (χ1n) is 8.02. The normalized spacial score (nSPS) is 14.6. The number of halogens is 1. The number of fused-ring (bicyclic) bond motifs is 1. The maximum Gasteiger partial charge on any atom is 0.271 e. The summed E-state index contributed by atoms with van der Waals surface area (Å²) in [6, 6.07) is 5.30. The van der Waals surface area contributed by atoms with Gasteiger partial charge in [0.2, 0.25) is 0 Å². The Balaban J connectivity index is 1.68. The van der Waals surface area contributed by atoms with Crippen molar-refractivity contribution in [2.24, 2.45) is 0 Å². The van der Waals surface area contributed by atoms with Crippen molar-refractivity contribution in [2.75, 3.05) is 36.5 Å². The van der Waals surface area contributed by atoms with E-state index < -0.39 is 11.5 Å². The molecular weight excluding hydrogens is 376 g/mol. The average Bonchev–Trinajstić information content (AvgIpc) is 3.12. The molecule has 0 unspecified atom stereocenters. The number of nitrogens with zero attached hydrogens (tertiary/aromatic N) is 3. The highest BCUT2D eigenvalue weighted by molar-refractivity contribution is 7.15. The van der Waals surface area contributed by atoms with Crippen LogP contribution in [0.4, 0.5) is 11.4 Å². The third-order valence-corrected chi connectivity index (χ3v) is 5.23. The number of hydrogen-bond donors (Lipinski definition) is 1. The van der Waals surface area contributed by atoms with Crippen molar-refractivity contribution >= 4 is 45.2 Å². The summed E-state index contributed by atoms with van der Waals surface area (Å²) >= 11 is 7.71. The van der Waals surface area contributed by atoms with Gasteiger partial charge in [0.25, 0.3) is 11.5 Å². The van der Waals surface area contributed by atoms with E-state index in [2.05, 4.69) is 15.2 Å². The molecule has 0 bridgehead atoms. The summed E-state index contributed by atoms with van der Waals surface area (Å²) in [4.78, 5) is 32.0. The van der Waals surface area contributed by atoms with Crippen LogP contribution in [0.5, 0.6) is 0 Å². The third kappa shape index (κ3) is 3.07. The zero-order valence-corrected chi connectivity index (χ0v) is 15.2. The Morgan fingerprint density at radius 2 is 2.12 bits per heavy atom. The zero-order valence-electron chi connectivity index (χ0n) is 13.6. The minimum absolute atomic E-state index is 0.0196. The number of ether oxygens (including phenoxy) is 1. The van der Waals surface area contributed by atoms with E-state index in [-0.39, 0.29) is 5.56 Å². The van der Waals surface area contributed by atoms with E-state index in [1.807, 2.05) is 0 Å². The van der Waals surface area contributed by atoms with Crippen LogP contribution < -0.4 is 15.8 Å². The smallest absolute Gasteiger partial charge is 0.271 e. The quantitative estimate of drug-likeness (QED) is 0.743. The van der Waals surface area contributed by atoms with E-state index in [1.54, 1.807) is 29.8 Å². The molecule has 0 saturated carbocycles. The topological polar surface area (TPSA) is 75.9 Å². The largest absolute Gasteiger partial charge is 0.378 e. The van der Waals surface area contributed by atoms with E-state index in [9.17, 15) is 9.59 Å². The Hall–Kier alpha value is -2.42. The van der Waals surface area contributed by atoms with Crippen LogP contribution in [0, 0.1) is 0 Å². The summed E-state index contributed by atoms with van der Waals surface area (Å²) < 4.78 is 6.74. The summed E-state index contributed by atoms with van der Waals surface area (Å²) in [5, 5.41) is 5.09. The van der Waals surface area contributed by atoms with E-state index >= 15 is 0 Å². The fraction of sp³-hybridized carbons (Fsp3) is 0.235. The first-order valence-corrected chi connectivity index (χ1v) is 9.28. The van der Waals surface area contributed by atoms with Gasteiger partial charge in [0.15, 0.2) is 4.96 Å². The first-order chi connectivity index (χ1) is 12.6. The van der Waals surface area contributed by atoms with Crippen LogP contribution >= 0.6 is 22.9 Å². The molecule has 9 heteroatoms. The van der Waals surface area contributed by atoms with Crippen molar-refractivity contribution in [1.29, 1.82) is 0 Å². The molecule has 1 amide bonds. The predicted octanol–water partition coefficient (Wildman–Crippen LogP) is 2.50. The molecule has 2 aromatic heterocycles. The number of thiazole rings is 1. The molecule has 134 valence electrons. The maximum atomic E-state index is 12.7. The standard InChI is InChI=1S/C17H15ClN4O3S/c18-12-2-1-3-13(14(12)21-4-7-25-8-5-21)20-15(23)11-10-19-17-22(16(11)24)6-9-26-17/h1-3,6,9-10H,4-5,7-8H2,(H,20,23). The molecule has 1 N–H and O–H groups in total. The Kier molecular flexibility index (Phi) is 4.62. The molecule has 1 fully saturated rings. The fourth-order valence-electron chi connectivity index (χ4n) is 2.89. The molecule has 0 spiro atoms. The number of amides is 1. The number of para-hydroxylation sites is 1. The van der Waals surface area contributed by atoms with Crippen LogP contribution in [0.15, 0.2) is 40.8 Å². The number of benzene rings is 1. The second kappa shape index (κ2) is 7.06. The van der Waals surface area contributed by atoms with Gasteiger partial charge in [0, 0.05) is 30.9 Å². The molecule has 7 nitrogen and oxygen atoms in total. The Labute approximate surface area is 157 Å². The van der Waals surface area contributed by atoms with Gasteiger partial charge in [-0.1, -0.05) is 17.7 Å². The molecule has 0 atom stereocenters. The number of aromatic nitrogens is 2. The van der Waals surface area contributed by atoms with Crippen molar-refractivity contribution in [3.8, 4) is 0 Å². The summed E-state index contributed by atoms with van der Waals surface area (Å²) in [5.41, 5.74) is 0.868. The summed E-state index contributed by atoms with van der Waals surface area (Å²) in [6.07, 6.45) is 2.91. The number of morpholine rings is 1. The molecular formula is C17H15ClN4O3S. The van der Waals surface area contributed by atoms with Crippen molar-refractivity contribution in [3.63, 3.8) is 0 Å². The zero-order chi connectivity index (χ0) is 18.1. The number of hydrogen-bond acceptors (Lipinski definition) is 6. The number of carbonyl (C=O) groups is 1. The average molecular weight is 391 g/mol. The van der Waals surface area contributed by atoms with Crippen molar-refractivity contribution in [2.45, 2.75) is 0 Å². The lowest BCUT2D eigenvalue weighted by Gasteiger charge is -2.31. The lowest BCUT2D eigenvalue weighted by Crippen LogP contribution is -2.37. The molecule has 0 aliphatic carbocycles. The number of nitrogens with one attached hydrogen (secondary N) is 1. The predicted molar refractivity (Wildman–Crippen MR) is 102 cm³/mol. The van der Waals surface area contributed by atoms with Gasteiger partial charge < -0.3 is 15.0 Å². The van der Waals surface area contributed by atoms with E-state index in [0.29, 0.717) is 42.0 Å². The Bertz CT molecular complexity index is 1030. The van der Waals surface area contributed by atoms with Crippen LogP contribution in [-0.4, -0.2) is 41.6 Å². The number of anilines is 2. The van der Waals surface area contributed by atoms with Gasteiger partial charge in [-0.05, 0) is 12.1 Å². The first kappa shape index (κ1) is 17.0. The molecule has 1 aliphatic heterocycles. The van der Waals surface area contributed by atoms with Crippen LogP contribution in [0.2, 0.25) is 5.02 Å². The lowest BCUT2D eigenvalue weighted by atomic mass is 10.2. The SMILES string of the molecule is O=C(Nc1cccc(Cl)c1N1CCOCC1)c1cnc2sccn2c1=O. The minimum Gasteiger partial charge on any atom is -0.378 e. The van der Waals surface area contributed by atoms with Gasteiger partial charge in [0.1, 0.15) is 5.56 Å². The monoisotopic (exact) mass is 390 g/mol. The molecule has 4 rings (SSSR count). The van der Waals surface area contributed by atoms with Crippen molar-refractivity contribution in [3.05, 3.63) is 56.9 Å². The van der Waals surface area contributed by atoms with E-state index in [0.717, 1.165) is 5.69 Å². The highest BCUT2D eigenvalue weighted by Crippen LogP contribution is 2.34. The van der Waals surface area contributed by atoms with Crippen LogP contribution in [0.1, 0.15) is 10.4 Å². The van der Waals surface area contributed by atoms with Gasteiger partial charge in [-0.25, -0.2) is 4.98 Å². The van der Waals surface area contributed by atoms with E-state index in [4.69, 9.17) is 16.3 Å². The summed E-state index contributed by atoms with van der Waals surface area (Å²) in [7, 11) is 0. The highest BCUT2D eigenvalue weighted by atomic mass is 35.5. The Morgan fingerprint density at radius 1 is 1.31 bits per heavy atom. The van der Waals surface area contributed by atoms with Crippen LogP contribution in [0.3, 0.4) is 0 Å². The molecule has 1 aromatic carbocycles. The molecule has 1 aliphatic rings. The minimum atomic E-state index is -0.514. The third-order valence-electron chi connectivity index (χ3n) is 4.15. The second-order valence-electron chi connectivity index (χ2n) is 5.72. The lowest BCUT2D eigenvalue weighted by molar-refractivity contribution is 0.102.